The second-order valence-electron chi connectivity index (χ2n) is 26.7. The molecule has 572 valence electrons. The van der Waals surface area contributed by atoms with E-state index in [9.17, 15) is 43.2 Å². The number of rotatable bonds is 75. The number of phosphoric acid groups is 2. The first-order valence-corrected chi connectivity index (χ1v) is 42.5. The molecule has 0 saturated heterocycles. The van der Waals surface area contributed by atoms with Crippen LogP contribution >= 0.6 is 15.6 Å². The zero-order valence-corrected chi connectivity index (χ0v) is 64.3. The molecule has 3 N–H and O–H groups in total. The van der Waals surface area contributed by atoms with Crippen molar-refractivity contribution in [2.24, 2.45) is 0 Å². The summed E-state index contributed by atoms with van der Waals surface area (Å²) >= 11 is 0. The molecular formula is C79H144O17P2. The number of aliphatic hydroxyl groups excluding tert-OH is 1. The highest BCUT2D eigenvalue weighted by molar-refractivity contribution is 7.47. The minimum absolute atomic E-state index is 0.0851. The number of phosphoric ester groups is 2. The average molecular weight is 1430 g/mol. The van der Waals surface area contributed by atoms with Gasteiger partial charge in [-0.05, 0) is 128 Å². The van der Waals surface area contributed by atoms with Crippen LogP contribution in [-0.2, 0) is 65.4 Å². The van der Waals surface area contributed by atoms with Crippen molar-refractivity contribution in [1.82, 2.24) is 0 Å². The molecule has 19 heteroatoms. The molecule has 0 aromatic carbocycles. The number of unbranched alkanes of at least 4 members (excludes halogenated alkanes) is 40. The maximum Gasteiger partial charge on any atom is 0.472 e. The summed E-state index contributed by atoms with van der Waals surface area (Å²) in [4.78, 5) is 72.9. The summed E-state index contributed by atoms with van der Waals surface area (Å²) in [6.45, 7) is 4.84. The lowest BCUT2D eigenvalue weighted by Crippen LogP contribution is -2.30. The van der Waals surface area contributed by atoms with E-state index in [1.807, 2.05) is 0 Å². The molecular weight excluding hydrogens is 1280 g/mol. The number of ether oxygens (including phenoxy) is 4. The lowest BCUT2D eigenvalue weighted by Gasteiger charge is -2.21. The van der Waals surface area contributed by atoms with Gasteiger partial charge in [-0.2, -0.15) is 0 Å². The minimum atomic E-state index is -4.97. The first-order chi connectivity index (χ1) is 47.7. The molecule has 0 radical (unpaired) electrons. The molecule has 0 fully saturated rings. The van der Waals surface area contributed by atoms with Crippen molar-refractivity contribution in [3.63, 3.8) is 0 Å². The van der Waals surface area contributed by atoms with Gasteiger partial charge >= 0.3 is 39.5 Å². The summed E-state index contributed by atoms with van der Waals surface area (Å²) in [5.74, 6) is -2.19. The summed E-state index contributed by atoms with van der Waals surface area (Å²) in [6.07, 6.45) is 70.5. The molecule has 98 heavy (non-hydrogen) atoms. The SMILES string of the molecule is CCCCCC/C=C\C=C/CCCCCCCC(=O)OC[C@H](COP(=O)(O)OC[C@@H](O)COP(=O)(O)OC[C@@H](COC(=O)CCCCCCC/C=C\CCCCCC)OC(=O)CCCCCCC/C=C\CCCCCCCC)OC(=O)CCCCCCC/C=C\CCCCCCCC. The van der Waals surface area contributed by atoms with Gasteiger partial charge in [0.25, 0.3) is 0 Å². The van der Waals surface area contributed by atoms with E-state index in [4.69, 9.17) is 37.0 Å². The number of allylic oxidation sites excluding steroid dienone is 10. The van der Waals surface area contributed by atoms with Crippen LogP contribution in [0.3, 0.4) is 0 Å². The Morgan fingerprint density at radius 2 is 0.500 bits per heavy atom. The number of esters is 4. The van der Waals surface area contributed by atoms with Crippen molar-refractivity contribution < 1.29 is 80.2 Å². The van der Waals surface area contributed by atoms with Crippen LogP contribution in [0.4, 0.5) is 0 Å². The highest BCUT2D eigenvalue weighted by Crippen LogP contribution is 2.45. The second kappa shape index (κ2) is 72.1. The Balaban J connectivity index is 5.35. The van der Waals surface area contributed by atoms with E-state index in [1.54, 1.807) is 0 Å². The van der Waals surface area contributed by atoms with E-state index in [1.165, 1.54) is 128 Å². The molecule has 0 aliphatic carbocycles. The van der Waals surface area contributed by atoms with Crippen LogP contribution in [0.5, 0.6) is 0 Å². The predicted octanol–water partition coefficient (Wildman–Crippen LogP) is 22.7. The highest BCUT2D eigenvalue weighted by Gasteiger charge is 2.30. The van der Waals surface area contributed by atoms with Crippen LogP contribution in [0.25, 0.3) is 0 Å². The molecule has 0 amide bonds. The number of carbonyl (C=O) groups excluding carboxylic acids is 4. The van der Waals surface area contributed by atoms with Crippen molar-refractivity contribution in [3.8, 4) is 0 Å². The largest absolute Gasteiger partial charge is 0.472 e. The lowest BCUT2D eigenvalue weighted by atomic mass is 10.1. The van der Waals surface area contributed by atoms with Gasteiger partial charge in [-0.15, -0.1) is 0 Å². The molecule has 0 spiro atoms. The molecule has 17 nitrogen and oxygen atoms in total. The zero-order valence-electron chi connectivity index (χ0n) is 62.5. The van der Waals surface area contributed by atoms with Gasteiger partial charge in [0.15, 0.2) is 12.2 Å². The van der Waals surface area contributed by atoms with Crippen LogP contribution in [0, 0.1) is 0 Å². The first kappa shape index (κ1) is 94.8. The normalized spacial score (nSPS) is 14.2. The quantitative estimate of drug-likeness (QED) is 0.0128. The Bertz CT molecular complexity index is 2100. The number of hydrogen-bond donors (Lipinski definition) is 3. The van der Waals surface area contributed by atoms with Gasteiger partial charge < -0.3 is 33.8 Å². The van der Waals surface area contributed by atoms with E-state index >= 15 is 0 Å². The van der Waals surface area contributed by atoms with Gasteiger partial charge in [0.1, 0.15) is 19.3 Å². The molecule has 0 aliphatic rings. The Morgan fingerprint density at radius 3 is 0.776 bits per heavy atom. The molecule has 0 bridgehead atoms. The number of carbonyl (C=O) groups is 4. The molecule has 0 saturated carbocycles. The fraction of sp³-hybridized carbons (Fsp3) is 0.823. The molecule has 0 rings (SSSR count). The molecule has 2 unspecified atom stereocenters. The third-order valence-corrected chi connectivity index (χ3v) is 18.9. The number of hydrogen-bond acceptors (Lipinski definition) is 15. The van der Waals surface area contributed by atoms with Gasteiger partial charge in [-0.1, -0.05) is 268 Å². The molecule has 5 atom stereocenters. The average Bonchev–Trinajstić information content (AvgIpc) is 1.04. The van der Waals surface area contributed by atoms with E-state index in [0.29, 0.717) is 25.7 Å². The van der Waals surface area contributed by atoms with E-state index in [-0.39, 0.29) is 25.7 Å². The van der Waals surface area contributed by atoms with Crippen molar-refractivity contribution in [1.29, 1.82) is 0 Å². The molecule has 0 aromatic rings. The van der Waals surface area contributed by atoms with Crippen LogP contribution in [-0.4, -0.2) is 96.7 Å². The Kier molecular flexibility index (Phi) is 69.7. The zero-order chi connectivity index (χ0) is 71.8. The van der Waals surface area contributed by atoms with Crippen molar-refractivity contribution in [3.05, 3.63) is 60.8 Å². The maximum atomic E-state index is 13.1. The summed E-state index contributed by atoms with van der Waals surface area (Å²) in [5, 5.41) is 10.6. The molecule has 0 aromatic heterocycles. The monoisotopic (exact) mass is 1430 g/mol. The second-order valence-corrected chi connectivity index (χ2v) is 29.6. The Labute approximate surface area is 597 Å². The van der Waals surface area contributed by atoms with Crippen LogP contribution in [0.1, 0.15) is 362 Å². The van der Waals surface area contributed by atoms with Gasteiger partial charge in [0.2, 0.25) is 0 Å². The predicted molar refractivity (Wildman–Crippen MR) is 400 cm³/mol. The van der Waals surface area contributed by atoms with Gasteiger partial charge in [0.05, 0.1) is 26.4 Å². The van der Waals surface area contributed by atoms with Crippen molar-refractivity contribution >= 4 is 39.5 Å². The van der Waals surface area contributed by atoms with Gasteiger partial charge in [-0.3, -0.25) is 37.3 Å². The maximum absolute atomic E-state index is 13.1. The van der Waals surface area contributed by atoms with Crippen LogP contribution in [0.15, 0.2) is 60.8 Å². The van der Waals surface area contributed by atoms with Gasteiger partial charge in [0, 0.05) is 25.7 Å². The van der Waals surface area contributed by atoms with E-state index < -0.39 is 97.5 Å². The van der Waals surface area contributed by atoms with Crippen molar-refractivity contribution in [2.75, 3.05) is 39.6 Å². The van der Waals surface area contributed by atoms with Crippen LogP contribution in [0.2, 0.25) is 0 Å². The third-order valence-electron chi connectivity index (χ3n) is 17.0. The Morgan fingerprint density at radius 1 is 0.286 bits per heavy atom. The fourth-order valence-electron chi connectivity index (χ4n) is 10.8. The smallest absolute Gasteiger partial charge is 0.462 e. The summed E-state index contributed by atoms with van der Waals surface area (Å²) in [7, 11) is -9.95. The summed E-state index contributed by atoms with van der Waals surface area (Å²) in [6, 6.07) is 0. The Hall–Kier alpha value is -3.24. The van der Waals surface area contributed by atoms with E-state index in [2.05, 4.69) is 88.5 Å². The molecule has 0 aliphatic heterocycles. The minimum Gasteiger partial charge on any atom is -0.462 e. The van der Waals surface area contributed by atoms with Crippen molar-refractivity contribution in [2.45, 2.75) is 380 Å². The number of aliphatic hydroxyl groups is 1. The summed E-state index contributed by atoms with van der Waals surface area (Å²) < 4.78 is 68.5. The van der Waals surface area contributed by atoms with Gasteiger partial charge in [-0.25, -0.2) is 9.13 Å². The highest BCUT2D eigenvalue weighted by atomic mass is 31.2. The van der Waals surface area contributed by atoms with E-state index in [0.717, 1.165) is 154 Å². The van der Waals surface area contributed by atoms with Crippen LogP contribution < -0.4 is 0 Å². The first-order valence-electron chi connectivity index (χ1n) is 39.5. The standard InChI is InChI=1S/C79H144O17P2/c1-5-9-13-17-21-25-29-33-36-40-44-48-52-56-60-64-77(82)90-70-75(96-79(84)66-62-58-54-50-46-42-38-35-31-27-23-19-15-11-7-3)72-94-98(87,88)92-68-73(80)67-91-97(85,86)93-71-74(69-89-76(81)63-59-55-51-47-43-39-32-28-24-20-16-12-8-4)95-78(83)65-61-57-53-49-45-41-37-34-30-26-22-18-14-10-6-2/h25,28-29,32-38,73-75,80H,5-24,26-27,30-31,39-72H2,1-4H3,(H,85,86)(H,87,88)/b29-25-,32-28-,36-33-,37-34-,38-35-/t73-,74+,75+/m0/s1. The summed E-state index contributed by atoms with van der Waals surface area (Å²) in [5.41, 5.74) is 0. The molecule has 0 heterocycles. The lowest BCUT2D eigenvalue weighted by molar-refractivity contribution is -0.161. The fourth-order valence-corrected chi connectivity index (χ4v) is 12.4. The third kappa shape index (κ3) is 71.2. The topological polar surface area (TPSA) is 237 Å².